The second-order valence-corrected chi connectivity index (χ2v) is 4.27. The zero-order valence-corrected chi connectivity index (χ0v) is 11.2. The summed E-state index contributed by atoms with van der Waals surface area (Å²) < 4.78 is 5.31. The smallest absolute Gasteiger partial charge is 0.251 e. The molecule has 0 spiro atoms. The Kier molecular flexibility index (Phi) is 5.29. The van der Waals surface area contributed by atoms with E-state index in [0.717, 1.165) is 6.42 Å². The van der Waals surface area contributed by atoms with Gasteiger partial charge < -0.3 is 10.1 Å². The molecule has 0 aliphatic carbocycles. The lowest BCUT2D eigenvalue weighted by molar-refractivity contribution is 0.0939. The first-order valence-corrected chi connectivity index (χ1v) is 6.19. The molecule has 0 bridgehead atoms. The van der Waals surface area contributed by atoms with Gasteiger partial charge in [-0.2, -0.15) is 0 Å². The van der Waals surface area contributed by atoms with E-state index in [1.54, 1.807) is 18.2 Å². The van der Waals surface area contributed by atoms with Crippen molar-refractivity contribution in [3.8, 4) is 5.75 Å². The summed E-state index contributed by atoms with van der Waals surface area (Å²) in [6.45, 7) is 6.43. The highest BCUT2D eigenvalue weighted by Crippen LogP contribution is 2.25. The molecule has 1 N–H and O–H groups in total. The molecule has 0 heterocycles. The Morgan fingerprint density at radius 1 is 1.47 bits per heavy atom. The molecule has 0 saturated heterocycles. The van der Waals surface area contributed by atoms with Crippen LogP contribution in [0.2, 0.25) is 5.02 Å². The van der Waals surface area contributed by atoms with Crippen molar-refractivity contribution >= 4 is 17.5 Å². The third-order valence-corrected chi connectivity index (χ3v) is 2.78. The van der Waals surface area contributed by atoms with Gasteiger partial charge in [0.1, 0.15) is 5.75 Å². The van der Waals surface area contributed by atoms with Gasteiger partial charge in [0.15, 0.2) is 0 Å². The monoisotopic (exact) mass is 255 g/mol. The molecule has 0 aliphatic heterocycles. The predicted molar refractivity (Wildman–Crippen MR) is 69.8 cm³/mol. The Morgan fingerprint density at radius 2 is 2.18 bits per heavy atom. The van der Waals surface area contributed by atoms with Crippen molar-refractivity contribution < 1.29 is 9.53 Å². The van der Waals surface area contributed by atoms with Crippen molar-refractivity contribution in [3.05, 3.63) is 28.8 Å². The lowest BCUT2D eigenvalue weighted by Crippen LogP contribution is -2.31. The van der Waals surface area contributed by atoms with Crippen molar-refractivity contribution in [3.63, 3.8) is 0 Å². The maximum Gasteiger partial charge on any atom is 0.251 e. The number of amides is 1. The van der Waals surface area contributed by atoms with Crippen molar-refractivity contribution in [1.82, 2.24) is 5.32 Å². The van der Waals surface area contributed by atoms with Crippen LogP contribution in [0.3, 0.4) is 0 Å². The number of rotatable bonds is 5. The fourth-order valence-electron chi connectivity index (χ4n) is 1.32. The van der Waals surface area contributed by atoms with E-state index >= 15 is 0 Å². The van der Waals surface area contributed by atoms with E-state index in [1.807, 2.05) is 20.8 Å². The second kappa shape index (κ2) is 6.50. The summed E-state index contributed by atoms with van der Waals surface area (Å²) in [6, 6.07) is 5.23. The number of nitrogens with one attached hydrogen (secondary N) is 1. The lowest BCUT2D eigenvalue weighted by atomic mass is 10.2. The Balaban J connectivity index is 2.79. The molecule has 1 atom stereocenters. The molecule has 0 aliphatic rings. The van der Waals surface area contributed by atoms with Crippen LogP contribution in [0.5, 0.6) is 5.75 Å². The van der Waals surface area contributed by atoms with Gasteiger partial charge >= 0.3 is 0 Å². The highest BCUT2D eigenvalue weighted by atomic mass is 35.5. The SMILES string of the molecule is CCOc1ccc(C(=O)NC(C)CC)cc1Cl. The summed E-state index contributed by atoms with van der Waals surface area (Å²) in [5.74, 6) is 0.499. The number of ether oxygens (including phenoxy) is 1. The van der Waals surface area contributed by atoms with Crippen LogP contribution in [-0.2, 0) is 0 Å². The Hall–Kier alpha value is -1.22. The van der Waals surface area contributed by atoms with Gasteiger partial charge in [-0.15, -0.1) is 0 Å². The summed E-state index contributed by atoms with van der Waals surface area (Å²) in [4.78, 5) is 11.8. The van der Waals surface area contributed by atoms with E-state index in [-0.39, 0.29) is 11.9 Å². The van der Waals surface area contributed by atoms with Crippen LogP contribution in [-0.4, -0.2) is 18.6 Å². The summed E-state index contributed by atoms with van der Waals surface area (Å²) >= 11 is 6.02. The van der Waals surface area contributed by atoms with Crippen LogP contribution in [0.15, 0.2) is 18.2 Å². The van der Waals surface area contributed by atoms with Crippen LogP contribution in [0.1, 0.15) is 37.6 Å². The number of hydrogen-bond acceptors (Lipinski definition) is 2. The predicted octanol–water partition coefficient (Wildman–Crippen LogP) is 3.27. The Morgan fingerprint density at radius 3 is 2.71 bits per heavy atom. The molecule has 0 fully saturated rings. The third-order valence-electron chi connectivity index (χ3n) is 2.48. The quantitative estimate of drug-likeness (QED) is 0.877. The zero-order valence-electron chi connectivity index (χ0n) is 10.4. The second-order valence-electron chi connectivity index (χ2n) is 3.86. The minimum Gasteiger partial charge on any atom is -0.492 e. The molecular weight excluding hydrogens is 238 g/mol. The van der Waals surface area contributed by atoms with Gasteiger partial charge in [0.25, 0.3) is 5.91 Å². The highest BCUT2D eigenvalue weighted by molar-refractivity contribution is 6.32. The molecule has 17 heavy (non-hydrogen) atoms. The van der Waals surface area contributed by atoms with Crippen LogP contribution < -0.4 is 10.1 Å². The van der Waals surface area contributed by atoms with Crippen LogP contribution in [0, 0.1) is 0 Å². The van der Waals surface area contributed by atoms with Crippen molar-refractivity contribution in [2.24, 2.45) is 0 Å². The van der Waals surface area contributed by atoms with Crippen LogP contribution in [0.25, 0.3) is 0 Å². The van der Waals surface area contributed by atoms with E-state index in [2.05, 4.69) is 5.32 Å². The topological polar surface area (TPSA) is 38.3 Å². The molecular formula is C13H18ClNO2. The minimum atomic E-state index is -0.107. The summed E-state index contributed by atoms with van der Waals surface area (Å²) in [5.41, 5.74) is 0.554. The number of carbonyl (C=O) groups is 1. The maximum absolute atomic E-state index is 11.8. The Labute approximate surface area is 107 Å². The van der Waals surface area contributed by atoms with E-state index in [4.69, 9.17) is 16.3 Å². The standard InChI is InChI=1S/C13H18ClNO2/c1-4-9(3)15-13(16)10-6-7-12(17-5-2)11(14)8-10/h6-9H,4-5H2,1-3H3,(H,15,16). The fraction of sp³-hybridized carbons (Fsp3) is 0.462. The Bertz CT molecular complexity index is 393. The molecule has 1 aromatic rings. The normalized spacial score (nSPS) is 12.0. The summed E-state index contributed by atoms with van der Waals surface area (Å²) in [7, 11) is 0. The van der Waals surface area contributed by atoms with E-state index in [9.17, 15) is 4.79 Å². The molecule has 1 amide bonds. The zero-order chi connectivity index (χ0) is 12.8. The fourth-order valence-corrected chi connectivity index (χ4v) is 1.56. The minimum absolute atomic E-state index is 0.107. The van der Waals surface area contributed by atoms with Crippen LogP contribution >= 0.6 is 11.6 Å². The first-order chi connectivity index (χ1) is 8.08. The average Bonchev–Trinajstić information content (AvgIpc) is 2.31. The number of halogens is 1. The molecule has 0 aromatic heterocycles. The van der Waals surface area contributed by atoms with Gasteiger partial charge in [0.05, 0.1) is 11.6 Å². The van der Waals surface area contributed by atoms with Crippen molar-refractivity contribution in [1.29, 1.82) is 0 Å². The van der Waals surface area contributed by atoms with E-state index in [0.29, 0.717) is 22.9 Å². The van der Waals surface area contributed by atoms with Crippen molar-refractivity contribution in [2.45, 2.75) is 33.2 Å². The van der Waals surface area contributed by atoms with Crippen molar-refractivity contribution in [2.75, 3.05) is 6.61 Å². The maximum atomic E-state index is 11.8. The van der Waals surface area contributed by atoms with Gasteiger partial charge in [-0.1, -0.05) is 18.5 Å². The van der Waals surface area contributed by atoms with Gasteiger partial charge in [0.2, 0.25) is 0 Å². The molecule has 0 radical (unpaired) electrons. The van der Waals surface area contributed by atoms with Gasteiger partial charge in [-0.3, -0.25) is 4.79 Å². The molecule has 1 unspecified atom stereocenters. The summed E-state index contributed by atoms with van der Waals surface area (Å²) in [5, 5.41) is 3.35. The first kappa shape index (κ1) is 13.8. The van der Waals surface area contributed by atoms with E-state index < -0.39 is 0 Å². The number of carbonyl (C=O) groups excluding carboxylic acids is 1. The highest BCUT2D eigenvalue weighted by Gasteiger charge is 2.10. The molecule has 4 heteroatoms. The third kappa shape index (κ3) is 3.93. The lowest BCUT2D eigenvalue weighted by Gasteiger charge is -2.12. The molecule has 0 saturated carbocycles. The van der Waals surface area contributed by atoms with Gasteiger partial charge in [0, 0.05) is 11.6 Å². The molecule has 1 aromatic carbocycles. The largest absolute Gasteiger partial charge is 0.492 e. The summed E-state index contributed by atoms with van der Waals surface area (Å²) in [6.07, 6.45) is 0.899. The molecule has 3 nitrogen and oxygen atoms in total. The van der Waals surface area contributed by atoms with Gasteiger partial charge in [-0.25, -0.2) is 0 Å². The molecule has 94 valence electrons. The number of hydrogen-bond donors (Lipinski definition) is 1. The average molecular weight is 256 g/mol. The number of benzene rings is 1. The molecule has 1 rings (SSSR count). The van der Waals surface area contributed by atoms with E-state index in [1.165, 1.54) is 0 Å². The van der Waals surface area contributed by atoms with Crippen LogP contribution in [0.4, 0.5) is 0 Å². The van der Waals surface area contributed by atoms with Gasteiger partial charge in [-0.05, 0) is 38.5 Å². The first-order valence-electron chi connectivity index (χ1n) is 5.81.